The van der Waals surface area contributed by atoms with Crippen LogP contribution in [-0.4, -0.2) is 62.3 Å². The summed E-state index contributed by atoms with van der Waals surface area (Å²) in [5.41, 5.74) is -4.19. The van der Waals surface area contributed by atoms with Crippen molar-refractivity contribution >= 4 is 56.0 Å². The van der Waals surface area contributed by atoms with Crippen molar-refractivity contribution in [3.8, 4) is 23.0 Å². The number of pyridine rings is 1. The zero-order chi connectivity index (χ0) is 46.3. The van der Waals surface area contributed by atoms with Crippen LogP contribution in [0.15, 0.2) is 42.5 Å². The van der Waals surface area contributed by atoms with E-state index >= 15 is 8.78 Å². The number of anilines is 1. The Morgan fingerprint density at radius 3 is 2.22 bits per heavy atom. The largest absolute Gasteiger partial charge is 0.435 e. The highest BCUT2D eigenvalue weighted by atomic mass is 35.5. The Morgan fingerprint density at radius 1 is 0.968 bits per heavy atom. The van der Waals surface area contributed by atoms with Crippen molar-refractivity contribution in [1.82, 2.24) is 29.9 Å². The first-order valence-electron chi connectivity index (χ1n) is 18.7. The van der Waals surface area contributed by atoms with Gasteiger partial charge in [0, 0.05) is 57.9 Å². The molecule has 0 radical (unpaired) electrons. The molecule has 7 rings (SSSR count). The molecule has 2 N–H and O–H groups in total. The molecule has 0 spiro atoms. The molecule has 1 fully saturated rings. The lowest BCUT2D eigenvalue weighted by atomic mass is 9.93. The third-order valence-corrected chi connectivity index (χ3v) is 13.2. The molecule has 23 heteroatoms. The molecule has 3 heterocycles. The van der Waals surface area contributed by atoms with E-state index in [1.165, 1.54) is 43.7 Å². The molecule has 6 atom stereocenters. The zero-order valence-corrected chi connectivity index (χ0v) is 35.8. The van der Waals surface area contributed by atoms with Gasteiger partial charge in [0.2, 0.25) is 5.91 Å². The average molecular weight is 950 g/mol. The van der Waals surface area contributed by atoms with Crippen LogP contribution >= 0.6 is 11.6 Å². The number of carbonyl (C=O) groups excluding carboxylic acids is 1. The van der Waals surface area contributed by atoms with Gasteiger partial charge >= 0.3 is 12.4 Å². The van der Waals surface area contributed by atoms with Crippen molar-refractivity contribution in [2.75, 3.05) is 17.2 Å². The molecule has 2 aromatic carbocycles. The quantitative estimate of drug-likeness (QED) is 0.101. The zero-order valence-electron chi connectivity index (χ0n) is 33.4. The maximum Gasteiger partial charge on any atom is 0.435 e. The molecule has 5 aromatic rings. The average Bonchev–Trinajstić information content (AvgIpc) is 3.36. The molecule has 1 amide bonds. The molecular weight excluding hydrogens is 916 g/mol. The van der Waals surface area contributed by atoms with Crippen LogP contribution in [0.5, 0.6) is 0 Å². The number of alkyl halides is 8. The number of hydrogen-bond acceptors (Lipinski definition) is 6. The molecule has 1 saturated carbocycles. The Bertz CT molecular complexity index is 2780. The number of rotatable bonds is 11. The van der Waals surface area contributed by atoms with Crippen LogP contribution < -0.4 is 10.0 Å². The van der Waals surface area contributed by atoms with Gasteiger partial charge < -0.3 is 5.32 Å². The van der Waals surface area contributed by atoms with Crippen molar-refractivity contribution < 1.29 is 57.1 Å². The predicted octanol–water partition coefficient (Wildman–Crippen LogP) is 8.58. The first-order valence-corrected chi connectivity index (χ1v) is 22.2. The van der Waals surface area contributed by atoms with Crippen molar-refractivity contribution in [3.63, 3.8) is 0 Å². The Balaban J connectivity index is 1.43. The van der Waals surface area contributed by atoms with E-state index < -0.39 is 123 Å². The summed E-state index contributed by atoms with van der Waals surface area (Å²) in [4.78, 5) is 18.7. The standard InChI is InChI=1S/C40H34ClF10N7O3S2/c1-18-28-30-34(40(49,50)51)54-57(35(30)39(47,48)31(18)28)16-27(59)53-26(14-19-12-20(42)15-21(43)13-19)32-23(7-6-22(52-32)10-11-37(2,3)62(4)60)24-8-9-25(41)29-33(24)58(17-38(44,45)46)55-36(29)56-63(5)61/h6-9,12-13,15,18,26,28,31H,14,16-17H2,1-5H3,(H,53,59)(H,55,56)/t18-,26?,28?,31?,62?,63?/m1/s1. The van der Waals surface area contributed by atoms with Crippen LogP contribution in [0.25, 0.3) is 22.0 Å². The van der Waals surface area contributed by atoms with Crippen LogP contribution in [0.1, 0.15) is 66.6 Å². The van der Waals surface area contributed by atoms with E-state index in [1.807, 2.05) is 0 Å². The molecule has 336 valence electrons. The molecule has 10 nitrogen and oxygen atoms in total. The molecule has 0 aliphatic heterocycles. The molecule has 0 bridgehead atoms. The molecule has 5 unspecified atom stereocenters. The lowest BCUT2D eigenvalue weighted by molar-refractivity contribution is -0.143. The molecule has 2 aliphatic carbocycles. The van der Waals surface area contributed by atoms with Crippen molar-refractivity contribution in [2.45, 2.75) is 75.3 Å². The fraction of sp³-hybridized carbons (Fsp3) is 0.400. The van der Waals surface area contributed by atoms with Gasteiger partial charge in [0.15, 0.2) is 11.5 Å². The summed E-state index contributed by atoms with van der Waals surface area (Å²) in [6.07, 6.45) is -7.99. The van der Waals surface area contributed by atoms with Gasteiger partial charge in [-0.3, -0.25) is 23.1 Å². The first-order chi connectivity index (χ1) is 29.2. The minimum absolute atomic E-state index is 0.0600. The van der Waals surface area contributed by atoms with Crippen LogP contribution in [0.3, 0.4) is 0 Å². The van der Waals surface area contributed by atoms with E-state index in [0.717, 1.165) is 12.1 Å². The van der Waals surface area contributed by atoms with Gasteiger partial charge in [-0.1, -0.05) is 30.5 Å². The molecule has 2 aliphatic rings. The van der Waals surface area contributed by atoms with Gasteiger partial charge in [-0.15, -0.1) is 0 Å². The van der Waals surface area contributed by atoms with Crippen LogP contribution in [0, 0.1) is 35.3 Å². The Labute approximate surface area is 362 Å². The van der Waals surface area contributed by atoms with E-state index in [4.69, 9.17) is 11.6 Å². The van der Waals surface area contributed by atoms with E-state index in [1.54, 1.807) is 13.8 Å². The Kier molecular flexibility index (Phi) is 11.8. The topological polar surface area (TPSA) is 124 Å². The lowest BCUT2D eigenvalue weighted by Gasteiger charge is -2.23. The highest BCUT2D eigenvalue weighted by molar-refractivity contribution is 7.86. The van der Waals surface area contributed by atoms with E-state index in [9.17, 15) is 48.3 Å². The summed E-state index contributed by atoms with van der Waals surface area (Å²) in [6, 6.07) is 6.03. The number of halogens is 11. The van der Waals surface area contributed by atoms with Gasteiger partial charge in [0.25, 0.3) is 5.92 Å². The highest BCUT2D eigenvalue weighted by Gasteiger charge is 2.72. The number of carbonyl (C=O) groups is 1. The SMILES string of the molecule is C[C@@H]1C2c3c(C(F)(F)F)nn(CC(=O)NC(Cc4cc(F)cc(F)c4)c4nc(C#CC(C)(C)S(C)=O)ccc4-c4ccc(Cl)c5c(NS(C)=O)nn(CC(F)(F)F)c45)c3C(F)(F)C21. The number of fused-ring (bicyclic) bond motifs is 4. The second kappa shape index (κ2) is 16.2. The number of amides is 1. The Hall–Kier alpha value is -5.01. The second-order valence-corrected chi connectivity index (χ2v) is 19.2. The summed E-state index contributed by atoms with van der Waals surface area (Å²) < 4.78 is 173. The van der Waals surface area contributed by atoms with Gasteiger partial charge in [-0.05, 0) is 68.0 Å². The van der Waals surface area contributed by atoms with E-state index in [-0.39, 0.29) is 54.5 Å². The summed E-state index contributed by atoms with van der Waals surface area (Å²) in [5, 5.41) is 9.73. The third kappa shape index (κ3) is 9.05. The molecule has 0 saturated heterocycles. The number of nitrogens with one attached hydrogen (secondary N) is 2. The monoisotopic (exact) mass is 949 g/mol. The van der Waals surface area contributed by atoms with Crippen LogP contribution in [0.4, 0.5) is 49.7 Å². The lowest BCUT2D eigenvalue weighted by Crippen LogP contribution is -2.35. The number of hydrogen-bond donors (Lipinski definition) is 2. The molecule has 63 heavy (non-hydrogen) atoms. The van der Waals surface area contributed by atoms with E-state index in [2.05, 4.69) is 37.1 Å². The van der Waals surface area contributed by atoms with Gasteiger partial charge in [0.1, 0.15) is 51.8 Å². The first kappa shape index (κ1) is 46.0. The number of aromatic nitrogens is 5. The summed E-state index contributed by atoms with van der Waals surface area (Å²) in [7, 11) is -3.37. The maximum atomic E-state index is 15.7. The maximum absolute atomic E-state index is 15.7. The fourth-order valence-electron chi connectivity index (χ4n) is 7.96. The fourth-order valence-corrected chi connectivity index (χ4v) is 8.81. The minimum Gasteiger partial charge on any atom is -0.346 e. The van der Waals surface area contributed by atoms with Crippen molar-refractivity contribution in [1.29, 1.82) is 0 Å². The van der Waals surface area contributed by atoms with Crippen molar-refractivity contribution in [2.24, 2.45) is 11.8 Å². The predicted molar refractivity (Wildman–Crippen MR) is 214 cm³/mol. The van der Waals surface area contributed by atoms with Crippen LogP contribution in [-0.2, 0) is 58.2 Å². The summed E-state index contributed by atoms with van der Waals surface area (Å²) >= 11 is 6.53. The number of benzene rings is 2. The minimum atomic E-state index is -5.16. The third-order valence-electron chi connectivity index (χ3n) is 10.9. The van der Waals surface area contributed by atoms with Gasteiger partial charge in [-0.25, -0.2) is 18.0 Å². The second-order valence-electron chi connectivity index (χ2n) is 15.7. The molecule has 3 aromatic heterocycles. The van der Waals surface area contributed by atoms with E-state index in [0.29, 0.717) is 10.7 Å². The Morgan fingerprint density at radius 2 is 1.62 bits per heavy atom. The van der Waals surface area contributed by atoms with Gasteiger partial charge in [-0.2, -0.15) is 45.3 Å². The number of nitrogens with zero attached hydrogens (tertiary/aromatic N) is 5. The van der Waals surface area contributed by atoms with Crippen molar-refractivity contribution in [3.05, 3.63) is 93.0 Å². The highest BCUT2D eigenvalue weighted by Crippen LogP contribution is 2.71. The summed E-state index contributed by atoms with van der Waals surface area (Å²) in [6.45, 7) is 1.63. The smallest absolute Gasteiger partial charge is 0.346 e. The summed E-state index contributed by atoms with van der Waals surface area (Å²) in [5.74, 6) is -5.21. The van der Waals surface area contributed by atoms with Crippen LogP contribution in [0.2, 0.25) is 5.02 Å². The molecular formula is C40H34ClF10N7O3S2. The normalized spacial score (nSPS) is 19.5. The van der Waals surface area contributed by atoms with Gasteiger partial charge in [0.05, 0.1) is 27.7 Å².